The summed E-state index contributed by atoms with van der Waals surface area (Å²) in [6.07, 6.45) is 6.07. The van der Waals surface area contributed by atoms with Crippen molar-refractivity contribution in [3.05, 3.63) is 59.7 Å². The molecule has 0 N–H and O–H groups in total. The van der Waals surface area contributed by atoms with E-state index in [9.17, 15) is 14.4 Å². The Kier molecular flexibility index (Phi) is 5.05. The van der Waals surface area contributed by atoms with Gasteiger partial charge < -0.3 is 9.53 Å². The van der Waals surface area contributed by atoms with Crippen LogP contribution in [0.1, 0.15) is 36.8 Å². The minimum absolute atomic E-state index is 0.0179. The van der Waals surface area contributed by atoms with Gasteiger partial charge in [0, 0.05) is 26.4 Å². The first-order chi connectivity index (χ1) is 13.6. The van der Waals surface area contributed by atoms with Crippen LogP contribution in [0.4, 0.5) is 0 Å². The fourth-order valence-electron chi connectivity index (χ4n) is 4.22. The van der Waals surface area contributed by atoms with Crippen LogP contribution in [-0.4, -0.2) is 31.1 Å². The van der Waals surface area contributed by atoms with Gasteiger partial charge in [-0.25, -0.2) is 0 Å². The van der Waals surface area contributed by atoms with Gasteiger partial charge >= 0.3 is 0 Å². The molecule has 0 aliphatic heterocycles. The maximum absolute atomic E-state index is 12.0. The summed E-state index contributed by atoms with van der Waals surface area (Å²) in [7, 11) is 1.57. The lowest BCUT2D eigenvalue weighted by Gasteiger charge is -2.23. The van der Waals surface area contributed by atoms with Crippen molar-refractivity contribution in [3.8, 4) is 0 Å². The summed E-state index contributed by atoms with van der Waals surface area (Å²) in [4.78, 5) is 35.3. The number of ketones is 2. The van der Waals surface area contributed by atoms with Crippen molar-refractivity contribution < 1.29 is 19.1 Å². The van der Waals surface area contributed by atoms with Crippen molar-refractivity contribution in [1.29, 1.82) is 0 Å². The molecule has 2 aliphatic carbocycles. The van der Waals surface area contributed by atoms with Crippen molar-refractivity contribution in [3.63, 3.8) is 0 Å². The van der Waals surface area contributed by atoms with Gasteiger partial charge in [-0.1, -0.05) is 48.6 Å². The topological polar surface area (TPSA) is 60.4 Å². The van der Waals surface area contributed by atoms with Gasteiger partial charge in [-0.05, 0) is 39.5 Å². The molecule has 0 bridgehead atoms. The highest BCUT2D eigenvalue weighted by Crippen LogP contribution is 2.38. The summed E-state index contributed by atoms with van der Waals surface area (Å²) in [5.41, 5.74) is 4.27. The van der Waals surface area contributed by atoms with Gasteiger partial charge in [0.05, 0.1) is 5.92 Å². The Bertz CT molecular complexity index is 1020. The molecular weight excluding hydrogens is 352 g/mol. The Morgan fingerprint density at radius 1 is 0.964 bits per heavy atom. The third kappa shape index (κ3) is 3.25. The van der Waals surface area contributed by atoms with E-state index in [0.717, 1.165) is 39.3 Å². The maximum Gasteiger partial charge on any atom is 0.165 e. The highest BCUT2D eigenvalue weighted by Gasteiger charge is 2.26. The van der Waals surface area contributed by atoms with E-state index < -0.39 is 12.0 Å². The number of rotatable bonds is 4. The Morgan fingerprint density at radius 3 is 2.36 bits per heavy atom. The fourth-order valence-corrected chi connectivity index (χ4v) is 4.22. The maximum atomic E-state index is 12.0. The quantitative estimate of drug-likeness (QED) is 0.595. The zero-order chi connectivity index (χ0) is 19.7. The number of hydrogen-bond donors (Lipinski definition) is 0. The number of allylic oxidation sites excluding steroid dienone is 3. The van der Waals surface area contributed by atoms with E-state index in [1.54, 1.807) is 13.2 Å². The molecule has 2 aromatic carbocycles. The smallest absolute Gasteiger partial charge is 0.165 e. The second kappa shape index (κ2) is 7.64. The standard InChI is InChI=1S/C24H22O4/c1-28-23-13-17(9-11-22(23)27)20-7-3-5-15-4-2-6-19(24(15)20)16-8-10-21(26)18(12-16)14-25/h2-7,9,12,14,18,23H,8,10-11,13H2,1H3/t18?,23-/m1/s1. The first kappa shape index (κ1) is 18.5. The number of carbonyl (C=O) groups is 3. The first-order valence-electron chi connectivity index (χ1n) is 9.58. The molecule has 4 rings (SSSR count). The predicted octanol–water partition coefficient (Wildman–Crippen LogP) is 4.16. The number of Topliss-reactive ketones (excluding diaryl/α,β-unsaturated/α-hetero) is 2. The number of aldehydes is 1. The van der Waals surface area contributed by atoms with Gasteiger partial charge in [-0.3, -0.25) is 9.59 Å². The van der Waals surface area contributed by atoms with Gasteiger partial charge in [0.2, 0.25) is 0 Å². The molecule has 4 nitrogen and oxygen atoms in total. The number of fused-ring (bicyclic) bond motifs is 1. The molecule has 0 fully saturated rings. The van der Waals surface area contributed by atoms with Crippen molar-refractivity contribution in [1.82, 2.24) is 0 Å². The lowest BCUT2D eigenvalue weighted by molar-refractivity contribution is -0.128. The van der Waals surface area contributed by atoms with E-state index in [-0.39, 0.29) is 11.6 Å². The molecule has 0 saturated heterocycles. The summed E-state index contributed by atoms with van der Waals surface area (Å²) >= 11 is 0. The van der Waals surface area contributed by atoms with Gasteiger partial charge in [0.15, 0.2) is 5.78 Å². The van der Waals surface area contributed by atoms with Crippen molar-refractivity contribution in [2.24, 2.45) is 5.92 Å². The number of hydrogen-bond acceptors (Lipinski definition) is 4. The summed E-state index contributed by atoms with van der Waals surface area (Å²) in [5.74, 6) is -0.569. The molecule has 0 aromatic heterocycles. The SMILES string of the molecule is CO[C@@H]1CC(c2cccc3cccc(C4=CC(C=O)C(=O)CC4)c23)=CCC1=O. The molecule has 28 heavy (non-hydrogen) atoms. The average Bonchev–Trinajstić information content (AvgIpc) is 2.73. The van der Waals surface area contributed by atoms with Crippen LogP contribution in [0.3, 0.4) is 0 Å². The van der Waals surface area contributed by atoms with Crippen LogP contribution in [0.5, 0.6) is 0 Å². The minimum atomic E-state index is -0.657. The Labute approximate surface area is 163 Å². The second-order valence-electron chi connectivity index (χ2n) is 7.36. The summed E-state index contributed by atoms with van der Waals surface area (Å²) < 4.78 is 5.38. The molecule has 142 valence electrons. The monoisotopic (exact) mass is 374 g/mol. The molecule has 0 saturated carbocycles. The Hall–Kier alpha value is -2.85. The van der Waals surface area contributed by atoms with E-state index in [4.69, 9.17) is 4.74 Å². The van der Waals surface area contributed by atoms with Crippen LogP contribution in [0.15, 0.2) is 48.6 Å². The van der Waals surface area contributed by atoms with E-state index in [0.29, 0.717) is 25.7 Å². The van der Waals surface area contributed by atoms with E-state index >= 15 is 0 Å². The molecule has 2 atom stereocenters. The van der Waals surface area contributed by atoms with Crippen LogP contribution >= 0.6 is 0 Å². The summed E-state index contributed by atoms with van der Waals surface area (Å²) in [6, 6.07) is 12.3. The molecule has 0 amide bonds. The molecule has 0 heterocycles. The van der Waals surface area contributed by atoms with Crippen molar-refractivity contribution in [2.75, 3.05) is 7.11 Å². The molecule has 0 radical (unpaired) electrons. The number of carbonyl (C=O) groups excluding carboxylic acids is 3. The number of ether oxygens (including phenoxy) is 1. The zero-order valence-corrected chi connectivity index (χ0v) is 15.8. The number of methoxy groups -OCH3 is 1. The molecule has 4 heteroatoms. The van der Waals surface area contributed by atoms with Crippen LogP contribution < -0.4 is 0 Å². The van der Waals surface area contributed by atoms with Gasteiger partial charge in [0.25, 0.3) is 0 Å². The van der Waals surface area contributed by atoms with Crippen LogP contribution in [0.25, 0.3) is 21.9 Å². The molecular formula is C24H22O4. The van der Waals surface area contributed by atoms with Gasteiger partial charge in [-0.15, -0.1) is 0 Å². The van der Waals surface area contributed by atoms with Crippen LogP contribution in [0, 0.1) is 5.92 Å². The highest BCUT2D eigenvalue weighted by molar-refractivity contribution is 6.06. The van der Waals surface area contributed by atoms with E-state index in [2.05, 4.69) is 24.3 Å². The normalized spacial score (nSPS) is 22.8. The lowest BCUT2D eigenvalue weighted by atomic mass is 9.82. The van der Waals surface area contributed by atoms with E-state index in [1.165, 1.54) is 0 Å². The third-order valence-corrected chi connectivity index (χ3v) is 5.74. The molecule has 1 unspecified atom stereocenters. The zero-order valence-electron chi connectivity index (χ0n) is 15.8. The summed E-state index contributed by atoms with van der Waals surface area (Å²) in [5, 5.41) is 2.20. The van der Waals surface area contributed by atoms with E-state index in [1.807, 2.05) is 18.2 Å². The number of benzene rings is 2. The highest BCUT2D eigenvalue weighted by atomic mass is 16.5. The minimum Gasteiger partial charge on any atom is -0.373 e. The second-order valence-corrected chi connectivity index (χ2v) is 7.36. The van der Waals surface area contributed by atoms with Gasteiger partial charge in [0.1, 0.15) is 18.2 Å². The third-order valence-electron chi connectivity index (χ3n) is 5.74. The molecule has 2 aromatic rings. The summed E-state index contributed by atoms with van der Waals surface area (Å²) in [6.45, 7) is 0. The van der Waals surface area contributed by atoms with Crippen molar-refractivity contribution in [2.45, 2.75) is 31.8 Å². The van der Waals surface area contributed by atoms with Crippen LogP contribution in [0.2, 0.25) is 0 Å². The largest absolute Gasteiger partial charge is 0.373 e. The Balaban J connectivity index is 1.87. The predicted molar refractivity (Wildman–Crippen MR) is 109 cm³/mol. The average molecular weight is 374 g/mol. The van der Waals surface area contributed by atoms with Crippen molar-refractivity contribution >= 4 is 39.8 Å². The lowest BCUT2D eigenvalue weighted by Crippen LogP contribution is -2.25. The Morgan fingerprint density at radius 2 is 1.68 bits per heavy atom. The molecule has 0 spiro atoms. The fraction of sp³-hybridized carbons (Fsp3) is 0.292. The first-order valence-corrected chi connectivity index (χ1v) is 9.58. The van der Waals surface area contributed by atoms with Gasteiger partial charge in [-0.2, -0.15) is 0 Å². The van der Waals surface area contributed by atoms with Crippen LogP contribution in [-0.2, 0) is 19.1 Å². The molecule has 2 aliphatic rings.